The van der Waals surface area contributed by atoms with Gasteiger partial charge in [0.25, 0.3) is 0 Å². The molecule has 0 radical (unpaired) electrons. The van der Waals surface area contributed by atoms with Crippen LogP contribution >= 0.6 is 0 Å². The van der Waals surface area contributed by atoms with Crippen molar-refractivity contribution in [2.45, 2.75) is 56.5 Å². The van der Waals surface area contributed by atoms with Gasteiger partial charge >= 0.3 is 0 Å². The zero-order chi connectivity index (χ0) is 13.5. The van der Waals surface area contributed by atoms with E-state index in [9.17, 15) is 8.42 Å². The van der Waals surface area contributed by atoms with Gasteiger partial charge in [-0.05, 0) is 44.6 Å². The predicted octanol–water partition coefficient (Wildman–Crippen LogP) is 1.16. The number of sulfone groups is 1. The topological polar surface area (TPSA) is 63.4 Å². The van der Waals surface area contributed by atoms with Crippen molar-refractivity contribution in [3.05, 3.63) is 0 Å². The monoisotopic (exact) mass is 286 g/mol. The Labute approximate surface area is 116 Å². The molecule has 0 spiro atoms. The third-order valence-corrected chi connectivity index (χ3v) is 7.47. The van der Waals surface area contributed by atoms with E-state index in [1.54, 1.807) is 0 Å². The van der Waals surface area contributed by atoms with E-state index in [4.69, 9.17) is 5.73 Å². The molecule has 3 unspecified atom stereocenters. The van der Waals surface area contributed by atoms with Crippen molar-refractivity contribution < 1.29 is 8.42 Å². The molecule has 5 heteroatoms. The first-order chi connectivity index (χ1) is 9.06. The smallest absolute Gasteiger partial charge is 0.152 e. The second-order valence-corrected chi connectivity index (χ2v) is 8.90. The Morgan fingerprint density at radius 3 is 2.68 bits per heavy atom. The molecule has 3 atom stereocenters. The molecule has 2 saturated heterocycles. The highest BCUT2D eigenvalue weighted by atomic mass is 32.2. The largest absolute Gasteiger partial charge is 0.329 e. The van der Waals surface area contributed by atoms with Gasteiger partial charge in [0.2, 0.25) is 0 Å². The number of rotatable bonds is 2. The summed E-state index contributed by atoms with van der Waals surface area (Å²) in [5.41, 5.74) is 5.80. The third kappa shape index (κ3) is 2.45. The van der Waals surface area contributed by atoms with Gasteiger partial charge < -0.3 is 5.73 Å². The first-order valence-corrected chi connectivity index (χ1v) is 9.56. The van der Waals surface area contributed by atoms with Crippen molar-refractivity contribution in [2.75, 3.05) is 24.6 Å². The Morgan fingerprint density at radius 2 is 1.95 bits per heavy atom. The lowest BCUT2D eigenvalue weighted by molar-refractivity contribution is 0.0600. The summed E-state index contributed by atoms with van der Waals surface area (Å²) in [6, 6.07) is 0.602. The van der Waals surface area contributed by atoms with Gasteiger partial charge in [-0.15, -0.1) is 0 Å². The Morgan fingerprint density at radius 1 is 1.16 bits per heavy atom. The minimum Gasteiger partial charge on any atom is -0.329 e. The molecule has 2 N–H and O–H groups in total. The van der Waals surface area contributed by atoms with Crippen molar-refractivity contribution in [1.82, 2.24) is 4.90 Å². The highest BCUT2D eigenvalue weighted by molar-refractivity contribution is 7.91. The maximum absolute atomic E-state index is 12.1. The van der Waals surface area contributed by atoms with Crippen LogP contribution in [0.3, 0.4) is 0 Å². The van der Waals surface area contributed by atoms with Crippen LogP contribution in [0.5, 0.6) is 0 Å². The molecule has 3 rings (SSSR count). The lowest BCUT2D eigenvalue weighted by Gasteiger charge is -2.48. The van der Waals surface area contributed by atoms with E-state index in [-0.39, 0.29) is 5.54 Å². The first kappa shape index (κ1) is 13.8. The highest BCUT2D eigenvalue weighted by Crippen LogP contribution is 2.42. The molecule has 2 heterocycles. The van der Waals surface area contributed by atoms with E-state index in [1.165, 1.54) is 32.1 Å². The molecule has 0 aromatic heterocycles. The summed E-state index contributed by atoms with van der Waals surface area (Å²) in [4.78, 5) is 2.51. The van der Waals surface area contributed by atoms with E-state index < -0.39 is 9.84 Å². The number of fused-ring (bicyclic) bond motifs is 1. The second-order valence-electron chi connectivity index (χ2n) is 6.72. The molecule has 2 aliphatic heterocycles. The normalized spacial score (nSPS) is 43.0. The van der Waals surface area contributed by atoms with Gasteiger partial charge in [0.05, 0.1) is 11.5 Å². The third-order valence-electron chi connectivity index (χ3n) is 5.59. The Bertz CT molecular complexity index is 437. The summed E-state index contributed by atoms with van der Waals surface area (Å²) in [7, 11) is -2.90. The summed E-state index contributed by atoms with van der Waals surface area (Å²) in [6.45, 7) is 1.55. The van der Waals surface area contributed by atoms with Gasteiger partial charge in [0.1, 0.15) is 0 Å². The van der Waals surface area contributed by atoms with Crippen molar-refractivity contribution in [3.63, 3.8) is 0 Å². The summed E-state index contributed by atoms with van der Waals surface area (Å²) in [5, 5.41) is 0. The van der Waals surface area contributed by atoms with Crippen molar-refractivity contribution >= 4 is 9.84 Å². The quantitative estimate of drug-likeness (QED) is 0.827. The maximum Gasteiger partial charge on any atom is 0.152 e. The molecular formula is C14H26N2O2S. The molecule has 19 heavy (non-hydrogen) atoms. The minimum absolute atomic E-state index is 0.256. The van der Waals surface area contributed by atoms with Crippen LogP contribution in [0.1, 0.15) is 44.9 Å². The van der Waals surface area contributed by atoms with Crippen LogP contribution in [0.25, 0.3) is 0 Å². The van der Waals surface area contributed by atoms with Crippen LogP contribution in [0.2, 0.25) is 0 Å². The number of hydrogen-bond donors (Lipinski definition) is 1. The van der Waals surface area contributed by atoms with Gasteiger partial charge in [0, 0.05) is 18.1 Å². The molecule has 0 amide bonds. The lowest BCUT2D eigenvalue weighted by Crippen LogP contribution is -2.62. The summed E-state index contributed by atoms with van der Waals surface area (Å²) in [6.07, 6.45) is 8.21. The Hall–Kier alpha value is -0.130. The summed E-state index contributed by atoms with van der Waals surface area (Å²) >= 11 is 0. The summed E-state index contributed by atoms with van der Waals surface area (Å²) < 4.78 is 24.1. The van der Waals surface area contributed by atoms with Crippen molar-refractivity contribution in [3.8, 4) is 0 Å². The average Bonchev–Trinajstić information content (AvgIpc) is 2.81. The standard InChI is InChI=1S/C14H26N2O2S/c15-10-14(7-3-9-19(17,18)11-14)16-8-6-12-4-1-2-5-13(12)16/h12-13H,1-11,15H2. The van der Waals surface area contributed by atoms with E-state index >= 15 is 0 Å². The van der Waals surface area contributed by atoms with Crippen LogP contribution in [-0.2, 0) is 9.84 Å². The van der Waals surface area contributed by atoms with E-state index in [0.717, 1.165) is 25.3 Å². The van der Waals surface area contributed by atoms with Gasteiger partial charge in [-0.1, -0.05) is 12.8 Å². The fourth-order valence-corrected chi connectivity index (χ4v) is 6.65. The van der Waals surface area contributed by atoms with E-state index in [2.05, 4.69) is 4.90 Å². The average molecular weight is 286 g/mol. The number of likely N-dealkylation sites (tertiary alicyclic amines) is 1. The van der Waals surface area contributed by atoms with Crippen LogP contribution < -0.4 is 5.73 Å². The minimum atomic E-state index is -2.90. The Balaban J connectivity index is 1.85. The number of nitrogens with two attached hydrogens (primary N) is 1. The molecule has 4 nitrogen and oxygen atoms in total. The molecule has 110 valence electrons. The second kappa shape index (κ2) is 5.01. The fourth-order valence-electron chi connectivity index (χ4n) is 4.67. The van der Waals surface area contributed by atoms with Crippen LogP contribution in [0, 0.1) is 5.92 Å². The molecular weight excluding hydrogens is 260 g/mol. The zero-order valence-electron chi connectivity index (χ0n) is 11.7. The maximum atomic E-state index is 12.1. The Kier molecular flexibility index (Phi) is 3.65. The summed E-state index contributed by atoms with van der Waals surface area (Å²) in [5.74, 6) is 1.44. The van der Waals surface area contributed by atoms with E-state index in [1.807, 2.05) is 0 Å². The molecule has 3 fully saturated rings. The van der Waals surface area contributed by atoms with Gasteiger partial charge in [-0.25, -0.2) is 8.42 Å². The van der Waals surface area contributed by atoms with Gasteiger partial charge in [-0.3, -0.25) is 4.90 Å². The predicted molar refractivity (Wildman–Crippen MR) is 76.7 cm³/mol. The zero-order valence-corrected chi connectivity index (χ0v) is 12.5. The van der Waals surface area contributed by atoms with Crippen molar-refractivity contribution in [2.24, 2.45) is 11.7 Å². The molecule has 0 aromatic carbocycles. The van der Waals surface area contributed by atoms with Crippen LogP contribution in [-0.4, -0.2) is 49.5 Å². The fraction of sp³-hybridized carbons (Fsp3) is 1.00. The van der Waals surface area contributed by atoms with Crippen LogP contribution in [0.15, 0.2) is 0 Å². The lowest BCUT2D eigenvalue weighted by atomic mass is 9.83. The molecule has 1 aliphatic carbocycles. The van der Waals surface area contributed by atoms with Crippen LogP contribution in [0.4, 0.5) is 0 Å². The SMILES string of the molecule is NCC1(N2CCC3CCCCC32)CCCS(=O)(=O)C1. The first-order valence-electron chi connectivity index (χ1n) is 7.74. The van der Waals surface area contributed by atoms with Gasteiger partial charge in [-0.2, -0.15) is 0 Å². The molecule has 0 aromatic rings. The number of hydrogen-bond acceptors (Lipinski definition) is 4. The molecule has 3 aliphatic rings. The highest BCUT2D eigenvalue weighted by Gasteiger charge is 2.49. The number of nitrogens with zero attached hydrogens (tertiary/aromatic N) is 1. The molecule has 0 bridgehead atoms. The van der Waals surface area contributed by atoms with Gasteiger partial charge in [0.15, 0.2) is 9.84 Å². The van der Waals surface area contributed by atoms with Crippen molar-refractivity contribution in [1.29, 1.82) is 0 Å². The van der Waals surface area contributed by atoms with E-state index in [0.29, 0.717) is 24.1 Å². The molecule has 1 saturated carbocycles.